The first-order chi connectivity index (χ1) is 14.2. The van der Waals surface area contributed by atoms with Crippen LogP contribution in [0.25, 0.3) is 10.9 Å². The third-order valence-corrected chi connectivity index (χ3v) is 4.42. The number of carbonyl (C=O) groups is 1. The fourth-order valence-electron chi connectivity index (χ4n) is 2.90. The highest BCUT2D eigenvalue weighted by atomic mass is 19.4. The SMILES string of the molecule is Cc1cccc2c(=O)n(CC(=O)NCc3ccc(COCC(F)(F)F)cc3)cnc12. The summed E-state index contributed by atoms with van der Waals surface area (Å²) in [7, 11) is 0. The normalized spacial score (nSPS) is 11.6. The Bertz CT molecular complexity index is 1090. The highest BCUT2D eigenvalue weighted by Crippen LogP contribution is 2.16. The third kappa shape index (κ3) is 5.66. The molecule has 0 aliphatic carbocycles. The first-order valence-electron chi connectivity index (χ1n) is 9.17. The van der Waals surface area contributed by atoms with E-state index in [-0.39, 0.29) is 31.2 Å². The standard InChI is InChI=1S/C21H20F3N3O3/c1-14-3-2-4-17-19(14)26-13-27(20(17)29)10-18(28)25-9-15-5-7-16(8-6-15)11-30-12-21(22,23)24/h2-8,13H,9-12H2,1H3,(H,25,28). The van der Waals surface area contributed by atoms with Gasteiger partial charge >= 0.3 is 6.18 Å². The Morgan fingerprint density at radius 1 is 1.13 bits per heavy atom. The molecule has 0 saturated heterocycles. The Hall–Kier alpha value is -3.20. The number of rotatable bonds is 7. The van der Waals surface area contributed by atoms with Crippen molar-refractivity contribution in [2.75, 3.05) is 6.61 Å². The lowest BCUT2D eigenvalue weighted by atomic mass is 10.1. The summed E-state index contributed by atoms with van der Waals surface area (Å²) < 4.78 is 42.1. The highest BCUT2D eigenvalue weighted by molar-refractivity contribution is 5.81. The van der Waals surface area contributed by atoms with Crippen molar-refractivity contribution in [3.8, 4) is 0 Å². The number of aromatic nitrogens is 2. The number of hydrogen-bond acceptors (Lipinski definition) is 4. The third-order valence-electron chi connectivity index (χ3n) is 4.42. The molecule has 0 unspecified atom stereocenters. The molecule has 2 aromatic carbocycles. The van der Waals surface area contributed by atoms with Gasteiger partial charge in [-0.15, -0.1) is 0 Å². The maximum atomic E-state index is 12.5. The molecule has 1 heterocycles. The molecule has 1 aromatic heterocycles. The summed E-state index contributed by atoms with van der Waals surface area (Å²) in [6.07, 6.45) is -3.00. The molecular weight excluding hydrogens is 399 g/mol. The van der Waals surface area contributed by atoms with Crippen molar-refractivity contribution >= 4 is 16.8 Å². The van der Waals surface area contributed by atoms with E-state index in [1.54, 1.807) is 36.4 Å². The monoisotopic (exact) mass is 419 g/mol. The number of alkyl halides is 3. The number of nitrogens with one attached hydrogen (secondary N) is 1. The van der Waals surface area contributed by atoms with E-state index in [2.05, 4.69) is 15.0 Å². The number of hydrogen-bond donors (Lipinski definition) is 1. The quantitative estimate of drug-likeness (QED) is 0.639. The lowest BCUT2D eigenvalue weighted by Crippen LogP contribution is -2.32. The van der Waals surface area contributed by atoms with Crippen LogP contribution in [0, 0.1) is 6.92 Å². The Morgan fingerprint density at radius 3 is 2.53 bits per heavy atom. The predicted molar refractivity (Wildman–Crippen MR) is 105 cm³/mol. The van der Waals surface area contributed by atoms with Crippen molar-refractivity contribution < 1.29 is 22.7 Å². The summed E-state index contributed by atoms with van der Waals surface area (Å²) in [6, 6.07) is 12.0. The molecule has 6 nitrogen and oxygen atoms in total. The first kappa shape index (κ1) is 21.5. The zero-order chi connectivity index (χ0) is 21.7. The van der Waals surface area contributed by atoms with Gasteiger partial charge in [0.15, 0.2) is 0 Å². The average Bonchev–Trinajstić information content (AvgIpc) is 2.69. The van der Waals surface area contributed by atoms with Crippen LogP contribution in [0.3, 0.4) is 0 Å². The van der Waals surface area contributed by atoms with Crippen molar-refractivity contribution in [1.82, 2.24) is 14.9 Å². The number of carbonyl (C=O) groups excluding carboxylic acids is 1. The van der Waals surface area contributed by atoms with Gasteiger partial charge in [-0.05, 0) is 29.7 Å². The maximum absolute atomic E-state index is 12.5. The van der Waals surface area contributed by atoms with Gasteiger partial charge in [0.2, 0.25) is 5.91 Å². The van der Waals surface area contributed by atoms with Crippen LogP contribution < -0.4 is 10.9 Å². The van der Waals surface area contributed by atoms with Crippen LogP contribution in [0.5, 0.6) is 0 Å². The van der Waals surface area contributed by atoms with Crippen LogP contribution in [-0.4, -0.2) is 28.2 Å². The summed E-state index contributed by atoms with van der Waals surface area (Å²) in [4.78, 5) is 29.0. The Kier molecular flexibility index (Phi) is 6.51. The van der Waals surface area contributed by atoms with Gasteiger partial charge in [-0.2, -0.15) is 13.2 Å². The van der Waals surface area contributed by atoms with Gasteiger partial charge in [0, 0.05) is 6.54 Å². The predicted octanol–water partition coefficient (Wildman–Crippen LogP) is 3.10. The number of benzene rings is 2. The largest absolute Gasteiger partial charge is 0.411 e. The van der Waals surface area contributed by atoms with Crippen LogP contribution >= 0.6 is 0 Å². The van der Waals surface area contributed by atoms with Crippen LogP contribution in [0.4, 0.5) is 13.2 Å². The number of nitrogens with zero attached hydrogens (tertiary/aromatic N) is 2. The molecule has 3 aromatic rings. The molecule has 0 aliphatic rings. The fraction of sp³-hybridized carbons (Fsp3) is 0.286. The molecule has 1 amide bonds. The lowest BCUT2D eigenvalue weighted by Gasteiger charge is -2.10. The molecule has 3 rings (SSSR count). The van der Waals surface area contributed by atoms with Gasteiger partial charge in [0.25, 0.3) is 5.56 Å². The van der Waals surface area contributed by atoms with Crippen molar-refractivity contribution in [3.63, 3.8) is 0 Å². The van der Waals surface area contributed by atoms with Crippen LogP contribution in [0.15, 0.2) is 53.6 Å². The molecule has 0 saturated carbocycles. The molecular formula is C21H20F3N3O3. The molecule has 30 heavy (non-hydrogen) atoms. The lowest BCUT2D eigenvalue weighted by molar-refractivity contribution is -0.176. The second-order valence-corrected chi connectivity index (χ2v) is 6.85. The minimum atomic E-state index is -4.36. The molecule has 0 radical (unpaired) electrons. The zero-order valence-electron chi connectivity index (χ0n) is 16.2. The second-order valence-electron chi connectivity index (χ2n) is 6.85. The molecule has 0 atom stereocenters. The Labute approximate surface area is 170 Å². The number of para-hydroxylation sites is 1. The molecule has 158 valence electrons. The molecule has 9 heteroatoms. The van der Waals surface area contributed by atoms with E-state index in [9.17, 15) is 22.8 Å². The van der Waals surface area contributed by atoms with Crippen LogP contribution in [0.1, 0.15) is 16.7 Å². The smallest absolute Gasteiger partial charge is 0.367 e. The minimum absolute atomic E-state index is 0.149. The van der Waals surface area contributed by atoms with Gasteiger partial charge in [0.05, 0.1) is 23.8 Å². The number of fused-ring (bicyclic) bond motifs is 1. The summed E-state index contributed by atoms with van der Waals surface area (Å²) in [5.74, 6) is -0.358. The van der Waals surface area contributed by atoms with Crippen molar-refractivity contribution in [1.29, 1.82) is 0 Å². The molecule has 0 spiro atoms. The number of amides is 1. The van der Waals surface area contributed by atoms with E-state index >= 15 is 0 Å². The van der Waals surface area contributed by atoms with E-state index in [0.29, 0.717) is 16.5 Å². The molecule has 0 bridgehead atoms. The summed E-state index contributed by atoms with van der Waals surface area (Å²) in [5.41, 5.74) is 2.56. The van der Waals surface area contributed by atoms with Crippen molar-refractivity contribution in [2.45, 2.75) is 32.8 Å². The molecule has 0 aliphatic heterocycles. The van der Waals surface area contributed by atoms with Crippen LogP contribution in [0.2, 0.25) is 0 Å². The first-order valence-corrected chi connectivity index (χ1v) is 9.17. The summed E-state index contributed by atoms with van der Waals surface area (Å²) in [6.45, 7) is 0.465. The zero-order valence-corrected chi connectivity index (χ0v) is 16.2. The van der Waals surface area contributed by atoms with E-state index in [1.807, 2.05) is 13.0 Å². The summed E-state index contributed by atoms with van der Waals surface area (Å²) in [5, 5.41) is 3.16. The number of aryl methyl sites for hydroxylation is 1. The van der Waals surface area contributed by atoms with Gasteiger partial charge in [-0.3, -0.25) is 14.2 Å². The van der Waals surface area contributed by atoms with Crippen molar-refractivity contribution in [2.24, 2.45) is 0 Å². The number of halogens is 3. The summed E-state index contributed by atoms with van der Waals surface area (Å²) >= 11 is 0. The van der Waals surface area contributed by atoms with Gasteiger partial charge in [0.1, 0.15) is 13.2 Å². The van der Waals surface area contributed by atoms with Crippen molar-refractivity contribution in [3.05, 3.63) is 75.8 Å². The Balaban J connectivity index is 1.54. The minimum Gasteiger partial charge on any atom is -0.367 e. The molecule has 1 N–H and O–H groups in total. The maximum Gasteiger partial charge on any atom is 0.411 e. The molecule has 0 fully saturated rings. The van der Waals surface area contributed by atoms with Gasteiger partial charge in [-0.1, -0.05) is 36.4 Å². The van der Waals surface area contributed by atoms with Gasteiger partial charge in [-0.25, -0.2) is 4.98 Å². The van der Waals surface area contributed by atoms with E-state index < -0.39 is 12.8 Å². The Morgan fingerprint density at radius 2 is 1.83 bits per heavy atom. The van der Waals surface area contributed by atoms with E-state index in [4.69, 9.17) is 0 Å². The number of ether oxygens (including phenoxy) is 1. The highest BCUT2D eigenvalue weighted by Gasteiger charge is 2.27. The topological polar surface area (TPSA) is 73.2 Å². The van der Waals surface area contributed by atoms with Crippen LogP contribution in [-0.2, 0) is 29.2 Å². The second kappa shape index (κ2) is 9.08. The van der Waals surface area contributed by atoms with Gasteiger partial charge < -0.3 is 10.1 Å². The van der Waals surface area contributed by atoms with E-state index in [0.717, 1.165) is 11.1 Å². The average molecular weight is 419 g/mol. The van der Waals surface area contributed by atoms with E-state index in [1.165, 1.54) is 10.9 Å². The fourth-order valence-corrected chi connectivity index (χ4v) is 2.90.